The normalized spacial score (nSPS) is 25.9. The molecule has 2 aromatic rings. The molecule has 2 aliphatic rings. The summed E-state index contributed by atoms with van der Waals surface area (Å²) in [5.41, 5.74) is 0.784. The van der Waals surface area contributed by atoms with Gasteiger partial charge < -0.3 is 15.2 Å². The minimum atomic E-state index is -2.61. The van der Waals surface area contributed by atoms with Gasteiger partial charge in [0.15, 0.2) is 0 Å². The molecule has 2 fully saturated rings. The predicted octanol–water partition coefficient (Wildman–Crippen LogP) is 6.51. The summed E-state index contributed by atoms with van der Waals surface area (Å²) in [5.74, 6) is 0.214. The summed E-state index contributed by atoms with van der Waals surface area (Å²) in [6.07, 6.45) is 4.89. The van der Waals surface area contributed by atoms with Crippen LogP contribution in [0.4, 0.5) is 8.78 Å². The number of halogens is 2. The SMILES string of the molecule is C[C@H]1CC[C@@H](Oc2ccc3cc(CC[C@@]4(CC(=O)O)CCCNC4)ccc3c2C(F)F)CC1. The molecule has 2 N–H and O–H groups in total. The first-order chi connectivity index (χ1) is 15.8. The number of carbonyl (C=O) groups is 1. The van der Waals surface area contributed by atoms with Gasteiger partial charge in [-0.3, -0.25) is 4.79 Å². The molecule has 1 saturated carbocycles. The second-order valence-corrected chi connectivity index (χ2v) is 10.2. The number of nitrogens with one attached hydrogen (secondary N) is 1. The molecule has 6 heteroatoms. The number of fused-ring (bicyclic) bond motifs is 1. The first-order valence-electron chi connectivity index (χ1n) is 12.3. The largest absolute Gasteiger partial charge is 0.490 e. The Hall–Kier alpha value is -2.21. The van der Waals surface area contributed by atoms with Crippen LogP contribution in [0.5, 0.6) is 5.75 Å². The molecule has 0 unspecified atom stereocenters. The number of hydrogen-bond donors (Lipinski definition) is 2. The van der Waals surface area contributed by atoms with Crippen LogP contribution in [0.1, 0.15) is 75.8 Å². The molecule has 0 aromatic heterocycles. The van der Waals surface area contributed by atoms with Crippen LogP contribution in [0, 0.1) is 11.3 Å². The maximum atomic E-state index is 14.1. The summed E-state index contributed by atoms with van der Waals surface area (Å²) >= 11 is 0. The predicted molar refractivity (Wildman–Crippen MR) is 126 cm³/mol. The van der Waals surface area contributed by atoms with Gasteiger partial charge in [-0.2, -0.15) is 0 Å². The van der Waals surface area contributed by atoms with E-state index in [9.17, 15) is 18.7 Å². The molecule has 0 spiro atoms. The molecule has 1 aliphatic carbocycles. The molecule has 1 heterocycles. The number of benzene rings is 2. The summed E-state index contributed by atoms with van der Waals surface area (Å²) in [4.78, 5) is 11.4. The Kier molecular flexibility index (Phi) is 7.52. The maximum Gasteiger partial charge on any atom is 0.303 e. The number of rotatable bonds is 8. The van der Waals surface area contributed by atoms with Crippen LogP contribution in [0.3, 0.4) is 0 Å². The monoisotopic (exact) mass is 459 g/mol. The van der Waals surface area contributed by atoms with Crippen molar-refractivity contribution >= 4 is 16.7 Å². The molecule has 0 bridgehead atoms. The molecule has 4 nitrogen and oxygen atoms in total. The first kappa shape index (κ1) is 23.9. The van der Waals surface area contributed by atoms with Gasteiger partial charge in [-0.15, -0.1) is 0 Å². The van der Waals surface area contributed by atoms with Crippen LogP contribution >= 0.6 is 0 Å². The summed E-state index contributed by atoms with van der Waals surface area (Å²) in [5, 5.41) is 14.1. The van der Waals surface area contributed by atoms with Crippen molar-refractivity contribution in [1.29, 1.82) is 0 Å². The van der Waals surface area contributed by atoms with Crippen LogP contribution in [0.2, 0.25) is 0 Å². The number of aliphatic carboxylic acids is 1. The summed E-state index contributed by atoms with van der Waals surface area (Å²) in [7, 11) is 0. The molecular weight excluding hydrogens is 424 g/mol. The molecule has 180 valence electrons. The second-order valence-electron chi connectivity index (χ2n) is 10.2. The van der Waals surface area contributed by atoms with Crippen LogP contribution in [0.15, 0.2) is 30.3 Å². The lowest BCUT2D eigenvalue weighted by Gasteiger charge is -2.36. The lowest BCUT2D eigenvalue weighted by atomic mass is 9.73. The third-order valence-corrected chi connectivity index (χ3v) is 7.59. The molecule has 4 rings (SSSR count). The van der Waals surface area contributed by atoms with E-state index in [0.717, 1.165) is 68.9 Å². The van der Waals surface area contributed by atoms with Gasteiger partial charge in [-0.05, 0) is 91.6 Å². The number of alkyl halides is 2. The third kappa shape index (κ3) is 5.84. The lowest BCUT2D eigenvalue weighted by Crippen LogP contribution is -2.41. The van der Waals surface area contributed by atoms with Gasteiger partial charge in [0.05, 0.1) is 18.1 Å². The van der Waals surface area contributed by atoms with Crippen molar-refractivity contribution in [3.8, 4) is 5.75 Å². The minimum Gasteiger partial charge on any atom is -0.490 e. The summed E-state index contributed by atoms with van der Waals surface area (Å²) < 4.78 is 34.3. The Bertz CT molecular complexity index is 963. The van der Waals surface area contributed by atoms with E-state index in [1.165, 1.54) is 0 Å². The fourth-order valence-electron chi connectivity index (χ4n) is 5.61. The quantitative estimate of drug-likeness (QED) is 0.472. The average molecular weight is 460 g/mol. The number of carboxylic acids is 1. The van der Waals surface area contributed by atoms with E-state index >= 15 is 0 Å². The van der Waals surface area contributed by atoms with Crippen molar-refractivity contribution in [2.24, 2.45) is 11.3 Å². The highest BCUT2D eigenvalue weighted by atomic mass is 19.3. The maximum absolute atomic E-state index is 14.1. The second kappa shape index (κ2) is 10.4. The molecule has 1 saturated heterocycles. The Morgan fingerprint density at radius 2 is 2.00 bits per heavy atom. The number of hydrogen-bond acceptors (Lipinski definition) is 3. The van der Waals surface area contributed by atoms with Crippen LogP contribution in [-0.2, 0) is 11.2 Å². The Balaban J connectivity index is 1.53. The van der Waals surface area contributed by atoms with Gasteiger partial charge in [-0.1, -0.05) is 31.2 Å². The van der Waals surface area contributed by atoms with Gasteiger partial charge in [0, 0.05) is 6.54 Å². The van der Waals surface area contributed by atoms with Crippen LogP contribution < -0.4 is 10.1 Å². The summed E-state index contributed by atoms with van der Waals surface area (Å²) in [6, 6.07) is 9.23. The fourth-order valence-corrected chi connectivity index (χ4v) is 5.61. The third-order valence-electron chi connectivity index (χ3n) is 7.59. The Morgan fingerprint density at radius 3 is 2.67 bits per heavy atom. The van der Waals surface area contributed by atoms with Gasteiger partial charge in [-0.25, -0.2) is 8.78 Å². The van der Waals surface area contributed by atoms with E-state index in [-0.39, 0.29) is 23.5 Å². The zero-order valence-electron chi connectivity index (χ0n) is 19.4. The molecule has 2 aromatic carbocycles. The highest BCUT2D eigenvalue weighted by Gasteiger charge is 2.34. The minimum absolute atomic E-state index is 0.00458. The molecule has 1 atom stereocenters. The fraction of sp³-hybridized carbons (Fsp3) is 0.593. The topological polar surface area (TPSA) is 58.6 Å². The van der Waals surface area contributed by atoms with Crippen molar-refractivity contribution in [2.75, 3.05) is 13.1 Å². The van der Waals surface area contributed by atoms with Crippen molar-refractivity contribution < 1.29 is 23.4 Å². The van der Waals surface area contributed by atoms with E-state index in [1.807, 2.05) is 18.2 Å². The highest BCUT2D eigenvalue weighted by molar-refractivity contribution is 5.88. The zero-order valence-corrected chi connectivity index (χ0v) is 19.4. The smallest absolute Gasteiger partial charge is 0.303 e. The van der Waals surface area contributed by atoms with E-state index in [2.05, 4.69) is 12.2 Å². The van der Waals surface area contributed by atoms with E-state index < -0.39 is 12.4 Å². The molecule has 33 heavy (non-hydrogen) atoms. The molecule has 1 aliphatic heterocycles. The van der Waals surface area contributed by atoms with Crippen LogP contribution in [0.25, 0.3) is 10.8 Å². The number of aryl methyl sites for hydroxylation is 1. The van der Waals surface area contributed by atoms with Gasteiger partial charge in [0.25, 0.3) is 6.43 Å². The summed E-state index contributed by atoms with van der Waals surface area (Å²) in [6.45, 7) is 3.86. The number of piperidine rings is 1. The van der Waals surface area contributed by atoms with Gasteiger partial charge >= 0.3 is 5.97 Å². The number of carboxylic acid groups (broad SMARTS) is 1. The highest BCUT2D eigenvalue weighted by Crippen LogP contribution is 2.39. The van der Waals surface area contributed by atoms with Crippen molar-refractivity contribution in [2.45, 2.75) is 77.2 Å². The Labute approximate surface area is 194 Å². The standard InChI is InChI=1S/C27H35F2NO3/c1-18-3-7-21(8-4-18)33-23-10-6-20-15-19(5-9-22(20)25(23)26(28)29)11-13-27(16-24(31)32)12-2-14-30-17-27/h5-6,9-10,15,18,21,26,30H,2-4,7-8,11-14,16-17H2,1H3,(H,31,32)/t18-,21+,27-/m1/s1. The number of ether oxygens (including phenoxy) is 1. The first-order valence-corrected chi connectivity index (χ1v) is 12.3. The van der Waals surface area contributed by atoms with E-state index in [0.29, 0.717) is 23.6 Å². The molecular formula is C27H35F2NO3. The zero-order chi connectivity index (χ0) is 23.4. The van der Waals surface area contributed by atoms with Gasteiger partial charge in [0.1, 0.15) is 5.75 Å². The van der Waals surface area contributed by atoms with Crippen molar-refractivity contribution in [3.63, 3.8) is 0 Å². The van der Waals surface area contributed by atoms with Crippen molar-refractivity contribution in [3.05, 3.63) is 41.5 Å². The lowest BCUT2D eigenvalue weighted by molar-refractivity contribution is -0.140. The average Bonchev–Trinajstić information content (AvgIpc) is 2.79. The van der Waals surface area contributed by atoms with Crippen molar-refractivity contribution in [1.82, 2.24) is 5.32 Å². The van der Waals surface area contributed by atoms with Gasteiger partial charge in [0.2, 0.25) is 0 Å². The van der Waals surface area contributed by atoms with Crippen LogP contribution in [-0.4, -0.2) is 30.3 Å². The molecule has 0 amide bonds. The van der Waals surface area contributed by atoms with E-state index in [1.54, 1.807) is 12.1 Å². The Morgan fingerprint density at radius 1 is 1.21 bits per heavy atom. The molecule has 0 radical (unpaired) electrons. The van der Waals surface area contributed by atoms with E-state index in [4.69, 9.17) is 4.74 Å².